The van der Waals surface area contributed by atoms with Gasteiger partial charge in [0.15, 0.2) is 23.0 Å². The normalized spacial score (nSPS) is 12.3. The molecule has 3 rings (SSSR count). The van der Waals surface area contributed by atoms with Crippen molar-refractivity contribution in [3.8, 4) is 23.0 Å². The van der Waals surface area contributed by atoms with E-state index in [1.165, 1.54) is 4.31 Å². The van der Waals surface area contributed by atoms with E-state index in [-0.39, 0.29) is 25.7 Å². The first-order valence-corrected chi connectivity index (χ1v) is 12.0. The Kier molecular flexibility index (Phi) is 7.68. The monoisotopic (exact) mass is 464 g/mol. The number of hydrogen-bond donors (Lipinski definition) is 1. The number of nitrogens with zero attached hydrogens (tertiary/aromatic N) is 1. The summed E-state index contributed by atoms with van der Waals surface area (Å²) < 4.78 is 46.9. The lowest BCUT2D eigenvalue weighted by Crippen LogP contribution is -2.32. The molecule has 1 N–H and O–H groups in total. The number of fused-ring (bicyclic) bond motifs is 1. The molecule has 1 aliphatic rings. The second-order valence-corrected chi connectivity index (χ2v) is 9.17. The van der Waals surface area contributed by atoms with Crippen molar-refractivity contribution in [3.63, 3.8) is 0 Å². The number of benzene rings is 2. The maximum atomic E-state index is 12.3. The van der Waals surface area contributed by atoms with Crippen molar-refractivity contribution in [2.24, 2.45) is 0 Å². The quantitative estimate of drug-likeness (QED) is 0.544. The van der Waals surface area contributed by atoms with Crippen LogP contribution in [0.1, 0.15) is 18.4 Å². The number of methoxy groups -OCH3 is 2. The van der Waals surface area contributed by atoms with Gasteiger partial charge in [-0.1, -0.05) is 6.07 Å². The fourth-order valence-electron chi connectivity index (χ4n) is 3.38. The third-order valence-corrected chi connectivity index (χ3v) is 6.19. The summed E-state index contributed by atoms with van der Waals surface area (Å²) in [7, 11) is -0.361. The predicted octanol–water partition coefficient (Wildman–Crippen LogP) is 2.34. The van der Waals surface area contributed by atoms with Crippen molar-refractivity contribution in [1.29, 1.82) is 0 Å². The molecule has 2 aromatic rings. The molecular formula is C22H28N2O7S. The lowest BCUT2D eigenvalue weighted by molar-refractivity contribution is -0.121. The Morgan fingerprint density at radius 1 is 1.06 bits per heavy atom. The maximum Gasteiger partial charge on any atom is 0.232 e. The summed E-state index contributed by atoms with van der Waals surface area (Å²) in [6.45, 7) is 0.759. The lowest BCUT2D eigenvalue weighted by atomic mass is 10.1. The van der Waals surface area contributed by atoms with Crippen molar-refractivity contribution >= 4 is 21.6 Å². The van der Waals surface area contributed by atoms with Crippen LogP contribution in [0.2, 0.25) is 0 Å². The molecule has 0 saturated heterocycles. The van der Waals surface area contributed by atoms with E-state index in [1.54, 1.807) is 32.4 Å². The zero-order chi connectivity index (χ0) is 23.1. The van der Waals surface area contributed by atoms with Gasteiger partial charge in [0.05, 0.1) is 26.2 Å². The average molecular weight is 465 g/mol. The van der Waals surface area contributed by atoms with Gasteiger partial charge in [-0.05, 0) is 42.7 Å². The van der Waals surface area contributed by atoms with Crippen LogP contribution < -0.4 is 28.6 Å². The van der Waals surface area contributed by atoms with Crippen LogP contribution in [0.25, 0.3) is 0 Å². The molecule has 1 heterocycles. The van der Waals surface area contributed by atoms with E-state index in [2.05, 4.69) is 5.32 Å². The first kappa shape index (κ1) is 23.5. The summed E-state index contributed by atoms with van der Waals surface area (Å²) in [4.78, 5) is 12.2. The molecule has 9 nitrogen and oxygen atoms in total. The van der Waals surface area contributed by atoms with E-state index in [0.29, 0.717) is 48.1 Å². The van der Waals surface area contributed by atoms with Crippen molar-refractivity contribution in [2.45, 2.75) is 19.3 Å². The second-order valence-electron chi connectivity index (χ2n) is 7.27. The molecule has 0 atom stereocenters. The van der Waals surface area contributed by atoms with Crippen LogP contribution in [0.4, 0.5) is 5.69 Å². The minimum atomic E-state index is -3.52. The highest BCUT2D eigenvalue weighted by Gasteiger charge is 2.21. The Morgan fingerprint density at radius 3 is 2.53 bits per heavy atom. The zero-order valence-corrected chi connectivity index (χ0v) is 19.2. The van der Waals surface area contributed by atoms with Gasteiger partial charge in [0.25, 0.3) is 0 Å². The summed E-state index contributed by atoms with van der Waals surface area (Å²) in [5, 5.41) is 2.87. The molecule has 0 spiro atoms. The van der Waals surface area contributed by atoms with Crippen molar-refractivity contribution in [1.82, 2.24) is 5.32 Å². The third-order valence-electron chi connectivity index (χ3n) is 4.99. The lowest BCUT2D eigenvalue weighted by Gasteiger charge is -2.22. The van der Waals surface area contributed by atoms with Gasteiger partial charge in [-0.15, -0.1) is 0 Å². The largest absolute Gasteiger partial charge is 0.493 e. The highest BCUT2D eigenvalue weighted by molar-refractivity contribution is 7.92. The summed E-state index contributed by atoms with van der Waals surface area (Å²) in [5.41, 5.74) is 1.49. The number of carbonyl (C=O) groups is 1. The van der Waals surface area contributed by atoms with Gasteiger partial charge in [-0.2, -0.15) is 0 Å². The number of anilines is 1. The van der Waals surface area contributed by atoms with Crippen LogP contribution in [0, 0.1) is 0 Å². The zero-order valence-electron chi connectivity index (χ0n) is 18.4. The van der Waals surface area contributed by atoms with Crippen LogP contribution in [0.15, 0.2) is 36.4 Å². The van der Waals surface area contributed by atoms with Crippen LogP contribution in [0.5, 0.6) is 23.0 Å². The van der Waals surface area contributed by atoms with Crippen molar-refractivity contribution in [2.75, 3.05) is 44.7 Å². The molecule has 1 amide bonds. The van der Waals surface area contributed by atoms with Crippen molar-refractivity contribution < 1.29 is 32.2 Å². The Morgan fingerprint density at radius 2 is 1.81 bits per heavy atom. The first-order valence-electron chi connectivity index (χ1n) is 10.2. The van der Waals surface area contributed by atoms with Crippen LogP contribution in [-0.2, 0) is 21.2 Å². The van der Waals surface area contributed by atoms with E-state index in [1.807, 2.05) is 18.2 Å². The van der Waals surface area contributed by atoms with Gasteiger partial charge in [-0.25, -0.2) is 8.42 Å². The second kappa shape index (κ2) is 10.4. The molecule has 10 heteroatoms. The van der Waals surface area contributed by atoms with Gasteiger partial charge in [0, 0.05) is 25.6 Å². The Hall–Kier alpha value is -3.14. The van der Waals surface area contributed by atoms with Crippen LogP contribution in [0.3, 0.4) is 0 Å². The highest BCUT2D eigenvalue weighted by Crippen LogP contribution is 2.36. The van der Waals surface area contributed by atoms with E-state index in [4.69, 9.17) is 18.9 Å². The molecular weight excluding hydrogens is 436 g/mol. The Labute approximate surface area is 188 Å². The molecule has 32 heavy (non-hydrogen) atoms. The number of amides is 1. The van der Waals surface area contributed by atoms with Crippen LogP contribution in [-0.4, -0.2) is 54.7 Å². The predicted molar refractivity (Wildman–Crippen MR) is 120 cm³/mol. The van der Waals surface area contributed by atoms with E-state index in [9.17, 15) is 13.2 Å². The van der Waals surface area contributed by atoms with Crippen LogP contribution >= 0.6 is 0 Å². The standard InChI is InChI=1S/C22H28N2O7S/c1-28-18-8-6-16(13-20(18)29-2)10-11-23-22(25)5-4-12-24(32(3,26)27)17-7-9-19-21(14-17)31-15-30-19/h6-9,13-14H,4-5,10-12,15H2,1-3H3,(H,23,25). The van der Waals surface area contributed by atoms with E-state index in [0.717, 1.165) is 11.8 Å². The number of hydrogen-bond acceptors (Lipinski definition) is 7. The van der Waals surface area contributed by atoms with Gasteiger partial charge in [0.1, 0.15) is 0 Å². The molecule has 2 aromatic carbocycles. The Bertz CT molecular complexity index is 1060. The Balaban J connectivity index is 1.48. The molecule has 0 aliphatic carbocycles. The maximum absolute atomic E-state index is 12.3. The highest BCUT2D eigenvalue weighted by atomic mass is 32.2. The summed E-state index contributed by atoms with van der Waals surface area (Å²) in [6, 6.07) is 10.6. The number of nitrogens with one attached hydrogen (secondary N) is 1. The molecule has 174 valence electrons. The van der Waals surface area contributed by atoms with E-state index < -0.39 is 10.0 Å². The molecule has 0 radical (unpaired) electrons. The third kappa shape index (κ3) is 5.97. The minimum Gasteiger partial charge on any atom is -0.493 e. The van der Waals surface area contributed by atoms with Gasteiger partial charge < -0.3 is 24.3 Å². The number of rotatable bonds is 11. The minimum absolute atomic E-state index is 0.112. The fourth-order valence-corrected chi connectivity index (χ4v) is 4.34. The average Bonchev–Trinajstić information content (AvgIpc) is 3.23. The summed E-state index contributed by atoms with van der Waals surface area (Å²) in [6.07, 6.45) is 2.37. The smallest absolute Gasteiger partial charge is 0.232 e. The molecule has 0 saturated carbocycles. The molecule has 0 aromatic heterocycles. The van der Waals surface area contributed by atoms with Gasteiger partial charge in [0.2, 0.25) is 22.7 Å². The summed E-state index contributed by atoms with van der Waals surface area (Å²) in [5.74, 6) is 2.24. The molecule has 0 fully saturated rings. The molecule has 1 aliphatic heterocycles. The fraction of sp³-hybridized carbons (Fsp3) is 0.409. The molecule has 0 bridgehead atoms. The van der Waals surface area contributed by atoms with E-state index >= 15 is 0 Å². The number of carbonyl (C=O) groups excluding carboxylic acids is 1. The molecule has 0 unspecified atom stereocenters. The number of ether oxygens (including phenoxy) is 4. The topological polar surface area (TPSA) is 103 Å². The SMILES string of the molecule is COc1ccc(CCNC(=O)CCCN(c2ccc3c(c2)OCO3)S(C)(=O)=O)cc1OC. The summed E-state index contributed by atoms with van der Waals surface area (Å²) >= 11 is 0. The van der Waals surface area contributed by atoms with Crippen molar-refractivity contribution in [3.05, 3.63) is 42.0 Å². The van der Waals surface area contributed by atoms with Gasteiger partial charge in [-0.3, -0.25) is 9.10 Å². The van der Waals surface area contributed by atoms with Gasteiger partial charge >= 0.3 is 0 Å². The number of sulfonamides is 1. The first-order chi connectivity index (χ1) is 15.3.